The van der Waals surface area contributed by atoms with Gasteiger partial charge in [-0.15, -0.1) is 11.3 Å². The van der Waals surface area contributed by atoms with Crippen molar-refractivity contribution in [3.63, 3.8) is 0 Å². The van der Waals surface area contributed by atoms with E-state index in [-0.39, 0.29) is 6.04 Å². The monoisotopic (exact) mass is 344 g/mol. The highest BCUT2D eigenvalue weighted by Gasteiger charge is 2.31. The van der Waals surface area contributed by atoms with Crippen LogP contribution in [-0.4, -0.2) is 28.9 Å². The molecule has 3 heterocycles. The average molecular weight is 344 g/mol. The molecule has 24 heavy (non-hydrogen) atoms. The van der Waals surface area contributed by atoms with Crippen molar-refractivity contribution in [1.29, 1.82) is 0 Å². The van der Waals surface area contributed by atoms with E-state index in [1.54, 1.807) is 0 Å². The fourth-order valence-corrected chi connectivity index (χ4v) is 3.73. The Balaban J connectivity index is 1.71. The van der Waals surface area contributed by atoms with Crippen LogP contribution in [0.5, 0.6) is 5.75 Å². The Labute approximate surface area is 142 Å². The van der Waals surface area contributed by atoms with Gasteiger partial charge in [-0.25, -0.2) is 4.98 Å². The molecule has 0 bridgehead atoms. The van der Waals surface area contributed by atoms with E-state index in [2.05, 4.69) is 9.97 Å². The molecular formula is C16H16N4O3S. The third-order valence-corrected chi connectivity index (χ3v) is 4.88. The highest BCUT2D eigenvalue weighted by atomic mass is 32.1. The molecule has 1 aliphatic rings. The molecule has 4 rings (SSSR count). The Morgan fingerprint density at radius 2 is 2.38 bits per heavy atom. The maximum atomic E-state index is 11.5. The van der Waals surface area contributed by atoms with Crippen molar-refractivity contribution >= 4 is 39.9 Å². The van der Waals surface area contributed by atoms with Gasteiger partial charge in [-0.3, -0.25) is 0 Å². The van der Waals surface area contributed by atoms with Crippen LogP contribution in [0.25, 0.3) is 11.1 Å². The second-order valence-electron chi connectivity index (χ2n) is 5.52. The first-order valence-corrected chi connectivity index (χ1v) is 8.49. The summed E-state index contributed by atoms with van der Waals surface area (Å²) in [5.41, 5.74) is 8.04. The normalized spacial score (nSPS) is 17.0. The number of carbonyl (C=O) groups excluding carboxylic acids is 1. The third-order valence-electron chi connectivity index (χ3n) is 3.97. The van der Waals surface area contributed by atoms with Crippen LogP contribution in [0.4, 0.5) is 11.1 Å². The molecule has 124 valence electrons. The van der Waals surface area contributed by atoms with E-state index < -0.39 is 0 Å². The smallest absolute Gasteiger partial charge is 0.299 e. The van der Waals surface area contributed by atoms with Crippen LogP contribution in [0.15, 0.2) is 22.6 Å². The minimum absolute atomic E-state index is 0.363. The number of rotatable bonds is 4. The number of benzene rings is 1. The fraction of sp³-hybridized carbons (Fsp3) is 0.312. The Hall–Kier alpha value is -2.61. The zero-order valence-electron chi connectivity index (χ0n) is 13.1. The van der Waals surface area contributed by atoms with Crippen molar-refractivity contribution in [1.82, 2.24) is 9.97 Å². The van der Waals surface area contributed by atoms with Crippen molar-refractivity contribution < 1.29 is 13.9 Å². The number of aromatic nitrogens is 2. The molecule has 2 N–H and O–H groups in total. The number of anilines is 2. The second kappa shape index (κ2) is 5.79. The zero-order valence-corrected chi connectivity index (χ0v) is 13.9. The SMILES string of the molecule is CCOc1ccc2oc(N3Cc4sc(N)nc4C[C@H]3C=O)nc2c1. The molecule has 0 aliphatic carbocycles. The highest BCUT2D eigenvalue weighted by Crippen LogP contribution is 2.33. The average Bonchev–Trinajstić information content (AvgIpc) is 3.14. The lowest BCUT2D eigenvalue weighted by atomic mass is 10.1. The first kappa shape index (κ1) is 14.9. The molecule has 0 saturated carbocycles. The summed E-state index contributed by atoms with van der Waals surface area (Å²) < 4.78 is 11.3. The standard InChI is InChI=1S/C16H16N4O3S/c1-2-22-10-3-4-13-11(6-10)19-16(23-13)20-7-14-12(5-9(20)8-21)18-15(17)24-14/h3-4,6,8-9H,2,5,7H2,1H3,(H2,17,18)/t9-/m0/s1. The number of nitrogen functional groups attached to an aromatic ring is 1. The molecule has 0 amide bonds. The fourth-order valence-electron chi connectivity index (χ4n) is 2.87. The number of nitrogens with zero attached hydrogens (tertiary/aromatic N) is 3. The van der Waals surface area contributed by atoms with Crippen LogP contribution in [0.3, 0.4) is 0 Å². The maximum Gasteiger partial charge on any atom is 0.299 e. The summed E-state index contributed by atoms with van der Waals surface area (Å²) in [5, 5.41) is 0.519. The van der Waals surface area contributed by atoms with E-state index in [0.717, 1.165) is 22.6 Å². The molecule has 1 atom stereocenters. The lowest BCUT2D eigenvalue weighted by molar-refractivity contribution is -0.109. The molecular weight excluding hydrogens is 328 g/mol. The Bertz CT molecular complexity index is 904. The second-order valence-corrected chi connectivity index (χ2v) is 6.63. The molecule has 0 saturated heterocycles. The van der Waals surface area contributed by atoms with Crippen molar-refractivity contribution in [2.24, 2.45) is 0 Å². The van der Waals surface area contributed by atoms with Crippen molar-refractivity contribution in [2.45, 2.75) is 25.9 Å². The van der Waals surface area contributed by atoms with Gasteiger partial charge in [-0.1, -0.05) is 0 Å². The third kappa shape index (κ3) is 2.48. The summed E-state index contributed by atoms with van der Waals surface area (Å²) in [7, 11) is 0. The number of ether oxygens (including phenoxy) is 1. The molecule has 1 aliphatic heterocycles. The van der Waals surface area contributed by atoms with Crippen LogP contribution in [-0.2, 0) is 17.8 Å². The van der Waals surface area contributed by atoms with Crippen molar-refractivity contribution in [2.75, 3.05) is 17.2 Å². The quantitative estimate of drug-likeness (QED) is 0.726. The van der Waals surface area contributed by atoms with Gasteiger partial charge < -0.3 is 24.6 Å². The Kier molecular flexibility index (Phi) is 3.61. The largest absolute Gasteiger partial charge is 0.494 e. The van der Waals surface area contributed by atoms with Gasteiger partial charge in [0.2, 0.25) is 0 Å². The van der Waals surface area contributed by atoms with Crippen molar-refractivity contribution in [3.05, 3.63) is 28.8 Å². The molecule has 3 aromatic rings. The molecule has 8 heteroatoms. The summed E-state index contributed by atoms with van der Waals surface area (Å²) in [4.78, 5) is 23.3. The van der Waals surface area contributed by atoms with E-state index in [9.17, 15) is 4.79 Å². The maximum absolute atomic E-state index is 11.5. The minimum atomic E-state index is -0.363. The number of hydrogen-bond donors (Lipinski definition) is 1. The van der Waals surface area contributed by atoms with Gasteiger partial charge in [0.15, 0.2) is 10.7 Å². The lowest BCUT2D eigenvalue weighted by Gasteiger charge is -2.29. The number of oxazole rings is 1. The van der Waals surface area contributed by atoms with Gasteiger partial charge in [0.05, 0.1) is 24.9 Å². The van der Waals surface area contributed by atoms with Crippen LogP contribution in [0, 0.1) is 0 Å². The van der Waals surface area contributed by atoms with Gasteiger partial charge in [0.1, 0.15) is 17.6 Å². The van der Waals surface area contributed by atoms with Gasteiger partial charge in [0.25, 0.3) is 6.01 Å². The first-order valence-electron chi connectivity index (χ1n) is 7.67. The summed E-state index contributed by atoms with van der Waals surface area (Å²) in [6, 6.07) is 5.57. The topological polar surface area (TPSA) is 94.5 Å². The molecule has 7 nitrogen and oxygen atoms in total. The number of hydrogen-bond acceptors (Lipinski definition) is 8. The molecule has 1 aromatic carbocycles. The summed E-state index contributed by atoms with van der Waals surface area (Å²) in [6.07, 6.45) is 1.41. The lowest BCUT2D eigenvalue weighted by Crippen LogP contribution is -2.41. The Morgan fingerprint density at radius 1 is 1.50 bits per heavy atom. The van der Waals surface area contributed by atoms with Crippen LogP contribution >= 0.6 is 11.3 Å². The summed E-state index contributed by atoms with van der Waals surface area (Å²) in [5.74, 6) is 0.743. The molecule has 2 aromatic heterocycles. The van der Waals surface area contributed by atoms with Gasteiger partial charge in [0, 0.05) is 17.4 Å². The molecule has 0 fully saturated rings. The molecule has 0 unspecified atom stereocenters. The van der Waals surface area contributed by atoms with Gasteiger partial charge >= 0.3 is 0 Å². The highest BCUT2D eigenvalue weighted by molar-refractivity contribution is 7.15. The Morgan fingerprint density at radius 3 is 3.17 bits per heavy atom. The zero-order chi connectivity index (χ0) is 16.7. The first-order chi connectivity index (χ1) is 11.7. The van der Waals surface area contributed by atoms with E-state index in [4.69, 9.17) is 14.9 Å². The van der Waals surface area contributed by atoms with Gasteiger partial charge in [-0.2, -0.15) is 4.98 Å². The predicted molar refractivity (Wildman–Crippen MR) is 91.4 cm³/mol. The van der Waals surface area contributed by atoms with Crippen LogP contribution in [0.1, 0.15) is 17.5 Å². The van der Waals surface area contributed by atoms with Gasteiger partial charge in [-0.05, 0) is 19.1 Å². The molecule has 0 radical (unpaired) electrons. The number of thiazole rings is 1. The molecule has 0 spiro atoms. The minimum Gasteiger partial charge on any atom is -0.494 e. The number of nitrogens with two attached hydrogens (primary N) is 1. The predicted octanol–water partition coefficient (Wildman–Crippen LogP) is 2.40. The summed E-state index contributed by atoms with van der Waals surface area (Å²) >= 11 is 1.44. The van der Waals surface area contributed by atoms with E-state index in [1.807, 2.05) is 30.0 Å². The summed E-state index contributed by atoms with van der Waals surface area (Å²) in [6.45, 7) is 3.03. The van der Waals surface area contributed by atoms with Crippen molar-refractivity contribution in [3.8, 4) is 5.75 Å². The van der Waals surface area contributed by atoms with Crippen LogP contribution in [0.2, 0.25) is 0 Å². The van der Waals surface area contributed by atoms with Crippen LogP contribution < -0.4 is 15.4 Å². The van der Waals surface area contributed by atoms with E-state index in [1.165, 1.54) is 11.3 Å². The van der Waals surface area contributed by atoms with E-state index >= 15 is 0 Å². The number of carbonyl (C=O) groups is 1. The number of fused-ring (bicyclic) bond motifs is 2. The van der Waals surface area contributed by atoms with E-state index in [0.29, 0.717) is 41.8 Å². The number of aldehydes is 1.